The summed E-state index contributed by atoms with van der Waals surface area (Å²) in [4.78, 5) is 25.3. The molecule has 0 fully saturated rings. The lowest BCUT2D eigenvalue weighted by molar-refractivity contribution is -0.142. The topological polar surface area (TPSA) is 91.4 Å². The smallest absolute Gasteiger partial charge is 0.329 e. The van der Waals surface area contributed by atoms with Gasteiger partial charge in [-0.15, -0.1) is 0 Å². The van der Waals surface area contributed by atoms with Crippen molar-refractivity contribution >= 4 is 22.8 Å². The average Bonchev–Trinajstić information content (AvgIpc) is 2.87. The third-order valence-corrected chi connectivity index (χ3v) is 3.35. The molecule has 1 aromatic carbocycles. The molecule has 0 spiro atoms. The first-order chi connectivity index (χ1) is 9.99. The number of carbonyl (C=O) groups excluding carboxylic acids is 1. The van der Waals surface area contributed by atoms with E-state index >= 15 is 0 Å². The largest absolute Gasteiger partial charge is 0.480 e. The molecule has 2 rings (SSSR count). The summed E-state index contributed by atoms with van der Waals surface area (Å²) in [7, 11) is 0. The Morgan fingerprint density at radius 2 is 2.10 bits per heavy atom. The summed E-state index contributed by atoms with van der Waals surface area (Å²) in [5, 5.41) is 12.1. The van der Waals surface area contributed by atoms with E-state index in [2.05, 4.69) is 10.3 Å². The predicted molar refractivity (Wildman–Crippen MR) is 78.6 cm³/mol. The maximum absolute atomic E-state index is 12.0. The predicted octanol–water partition coefficient (Wildman–Crippen LogP) is 1.62. The number of hydrogen-bond donors (Lipinski definition) is 3. The van der Waals surface area contributed by atoms with Crippen LogP contribution >= 0.6 is 0 Å². The number of H-pyrrole nitrogens is 1. The molecule has 2 aromatic rings. The van der Waals surface area contributed by atoms with E-state index in [1.54, 1.807) is 0 Å². The molecule has 6 heteroatoms. The summed E-state index contributed by atoms with van der Waals surface area (Å²) < 4.78 is 4.85. The molecule has 6 nitrogen and oxygen atoms in total. The van der Waals surface area contributed by atoms with E-state index < -0.39 is 5.97 Å². The fourth-order valence-corrected chi connectivity index (χ4v) is 2.07. The van der Waals surface area contributed by atoms with Crippen molar-refractivity contribution in [1.82, 2.24) is 10.3 Å². The van der Waals surface area contributed by atoms with Gasteiger partial charge in [-0.25, -0.2) is 4.79 Å². The van der Waals surface area contributed by atoms with Gasteiger partial charge in [-0.05, 0) is 37.1 Å². The number of aryl methyl sites for hydroxylation is 2. The van der Waals surface area contributed by atoms with E-state index in [-0.39, 0.29) is 25.7 Å². The zero-order chi connectivity index (χ0) is 15.4. The van der Waals surface area contributed by atoms with Crippen molar-refractivity contribution in [3.63, 3.8) is 0 Å². The molecule has 0 aliphatic rings. The first kappa shape index (κ1) is 15.1. The van der Waals surface area contributed by atoms with Crippen LogP contribution in [0.15, 0.2) is 18.2 Å². The number of hydrogen-bond acceptors (Lipinski definition) is 3. The lowest BCUT2D eigenvalue weighted by atomic mass is 10.1. The molecule has 0 aliphatic carbocycles. The number of benzene rings is 1. The van der Waals surface area contributed by atoms with Crippen molar-refractivity contribution < 1.29 is 19.4 Å². The Kier molecular flexibility index (Phi) is 4.59. The quantitative estimate of drug-likeness (QED) is 0.705. The van der Waals surface area contributed by atoms with Crippen LogP contribution in [0, 0.1) is 13.8 Å². The number of aromatic amines is 1. The van der Waals surface area contributed by atoms with E-state index in [1.807, 2.05) is 32.0 Å². The molecule has 0 saturated carbocycles. The van der Waals surface area contributed by atoms with E-state index in [4.69, 9.17) is 9.84 Å². The Hall–Kier alpha value is -2.34. The van der Waals surface area contributed by atoms with Gasteiger partial charge in [0.2, 0.25) is 0 Å². The molecule has 0 atom stereocenters. The minimum Gasteiger partial charge on any atom is -0.480 e. The summed E-state index contributed by atoms with van der Waals surface area (Å²) in [5.41, 5.74) is 3.73. The standard InChI is InChI=1S/C15H18N2O4/c1-9-3-4-12-11(10(9)2)7-13(17-12)15(20)16-5-6-21-8-14(18)19/h3-4,7,17H,5-6,8H2,1-2H3,(H,16,20)(H,18,19). The van der Waals surface area contributed by atoms with Crippen molar-refractivity contribution in [3.8, 4) is 0 Å². The zero-order valence-corrected chi connectivity index (χ0v) is 12.0. The van der Waals surface area contributed by atoms with Gasteiger partial charge < -0.3 is 20.1 Å². The minimum atomic E-state index is -1.03. The number of aromatic nitrogens is 1. The van der Waals surface area contributed by atoms with Crippen molar-refractivity contribution in [2.45, 2.75) is 13.8 Å². The van der Waals surface area contributed by atoms with Crippen LogP contribution in [0.3, 0.4) is 0 Å². The normalized spacial score (nSPS) is 10.8. The van der Waals surface area contributed by atoms with Crippen LogP contribution in [0.2, 0.25) is 0 Å². The Bertz CT molecular complexity index is 676. The minimum absolute atomic E-state index is 0.163. The number of carboxylic acids is 1. The summed E-state index contributed by atoms with van der Waals surface area (Å²) in [5.74, 6) is -1.26. The monoisotopic (exact) mass is 290 g/mol. The third-order valence-electron chi connectivity index (χ3n) is 3.35. The molecule has 0 saturated heterocycles. The van der Waals surface area contributed by atoms with Gasteiger partial charge >= 0.3 is 5.97 Å². The number of nitrogens with one attached hydrogen (secondary N) is 2. The van der Waals surface area contributed by atoms with Crippen molar-refractivity contribution in [2.75, 3.05) is 19.8 Å². The Morgan fingerprint density at radius 1 is 1.33 bits per heavy atom. The van der Waals surface area contributed by atoms with Crippen LogP contribution in [-0.4, -0.2) is 41.7 Å². The van der Waals surface area contributed by atoms with Gasteiger partial charge in [0.15, 0.2) is 0 Å². The summed E-state index contributed by atoms with van der Waals surface area (Å²) >= 11 is 0. The molecule has 1 heterocycles. The lowest BCUT2D eigenvalue weighted by Gasteiger charge is -2.03. The highest BCUT2D eigenvalue weighted by molar-refractivity contribution is 5.99. The van der Waals surface area contributed by atoms with Crippen LogP contribution in [0.25, 0.3) is 10.9 Å². The zero-order valence-electron chi connectivity index (χ0n) is 12.0. The van der Waals surface area contributed by atoms with Crippen molar-refractivity contribution in [2.24, 2.45) is 0 Å². The summed E-state index contributed by atoms with van der Waals surface area (Å²) in [6.45, 7) is 4.12. The average molecular weight is 290 g/mol. The second kappa shape index (κ2) is 6.41. The fraction of sp³-hybridized carbons (Fsp3) is 0.333. The summed E-state index contributed by atoms with van der Waals surface area (Å²) in [6.07, 6.45) is 0. The second-order valence-corrected chi connectivity index (χ2v) is 4.85. The van der Waals surface area contributed by atoms with Gasteiger partial charge in [-0.3, -0.25) is 4.79 Å². The van der Waals surface area contributed by atoms with Crippen molar-refractivity contribution in [1.29, 1.82) is 0 Å². The van der Waals surface area contributed by atoms with Gasteiger partial charge in [-0.1, -0.05) is 6.07 Å². The first-order valence-corrected chi connectivity index (χ1v) is 6.65. The number of carboxylic acid groups (broad SMARTS) is 1. The van der Waals surface area contributed by atoms with Crippen LogP contribution in [0.5, 0.6) is 0 Å². The molecular weight excluding hydrogens is 272 g/mol. The maximum atomic E-state index is 12.0. The maximum Gasteiger partial charge on any atom is 0.329 e. The van der Waals surface area contributed by atoms with E-state index in [1.165, 1.54) is 5.56 Å². The lowest BCUT2D eigenvalue weighted by Crippen LogP contribution is -2.28. The number of amides is 1. The van der Waals surface area contributed by atoms with E-state index in [9.17, 15) is 9.59 Å². The Labute approximate surface area is 122 Å². The SMILES string of the molecule is Cc1ccc2[nH]c(C(=O)NCCOCC(=O)O)cc2c1C. The first-order valence-electron chi connectivity index (χ1n) is 6.65. The van der Waals surface area contributed by atoms with Crippen LogP contribution in [-0.2, 0) is 9.53 Å². The molecule has 0 aliphatic heterocycles. The Balaban J connectivity index is 1.97. The van der Waals surface area contributed by atoms with E-state index in [0.717, 1.165) is 16.5 Å². The number of ether oxygens (including phenoxy) is 1. The third kappa shape index (κ3) is 3.61. The molecular formula is C15H18N2O4. The molecule has 21 heavy (non-hydrogen) atoms. The van der Waals surface area contributed by atoms with Crippen LogP contribution in [0.4, 0.5) is 0 Å². The van der Waals surface area contributed by atoms with E-state index in [0.29, 0.717) is 5.69 Å². The Morgan fingerprint density at radius 3 is 2.81 bits per heavy atom. The number of carbonyl (C=O) groups is 2. The fourth-order valence-electron chi connectivity index (χ4n) is 2.07. The van der Waals surface area contributed by atoms with Gasteiger partial charge in [0.05, 0.1) is 6.61 Å². The molecule has 0 bridgehead atoms. The molecule has 1 aromatic heterocycles. The molecule has 1 amide bonds. The molecule has 3 N–H and O–H groups in total. The van der Waals surface area contributed by atoms with Crippen LogP contribution in [0.1, 0.15) is 21.6 Å². The van der Waals surface area contributed by atoms with Gasteiger partial charge in [0, 0.05) is 17.4 Å². The number of rotatable bonds is 6. The highest BCUT2D eigenvalue weighted by atomic mass is 16.5. The highest BCUT2D eigenvalue weighted by Crippen LogP contribution is 2.22. The summed E-state index contributed by atoms with van der Waals surface area (Å²) in [6, 6.07) is 5.78. The van der Waals surface area contributed by atoms with Gasteiger partial charge in [0.25, 0.3) is 5.91 Å². The molecule has 112 valence electrons. The van der Waals surface area contributed by atoms with Gasteiger partial charge in [0.1, 0.15) is 12.3 Å². The van der Waals surface area contributed by atoms with Crippen molar-refractivity contribution in [3.05, 3.63) is 35.0 Å². The molecule has 0 unspecified atom stereocenters. The number of aliphatic carboxylic acids is 1. The van der Waals surface area contributed by atoms with Gasteiger partial charge in [-0.2, -0.15) is 0 Å². The second-order valence-electron chi connectivity index (χ2n) is 4.85. The number of fused-ring (bicyclic) bond motifs is 1. The highest BCUT2D eigenvalue weighted by Gasteiger charge is 2.11. The van der Waals surface area contributed by atoms with Crippen LogP contribution < -0.4 is 5.32 Å². The molecule has 0 radical (unpaired) electrons.